The molecule has 0 spiro atoms. The Morgan fingerprint density at radius 2 is 2.00 bits per heavy atom. The average Bonchev–Trinajstić information content (AvgIpc) is 2.30. The molecule has 0 atom stereocenters. The van der Waals surface area contributed by atoms with Crippen LogP contribution in [0.4, 0.5) is 5.69 Å². The van der Waals surface area contributed by atoms with Crippen LogP contribution in [0, 0.1) is 6.92 Å². The summed E-state index contributed by atoms with van der Waals surface area (Å²) in [4.78, 5) is 19.5. The van der Waals surface area contributed by atoms with E-state index in [2.05, 4.69) is 9.97 Å². The summed E-state index contributed by atoms with van der Waals surface area (Å²) in [5.41, 5.74) is 13.8. The minimum atomic E-state index is -0.614. The van der Waals surface area contributed by atoms with Crippen molar-refractivity contribution in [2.75, 3.05) is 5.73 Å². The van der Waals surface area contributed by atoms with Gasteiger partial charge in [0.1, 0.15) is 5.69 Å². The quantitative estimate of drug-likeness (QED) is 0.805. The van der Waals surface area contributed by atoms with Crippen molar-refractivity contribution in [1.29, 1.82) is 0 Å². The van der Waals surface area contributed by atoms with Crippen LogP contribution in [0.3, 0.4) is 0 Å². The number of nitrogens with zero attached hydrogens (tertiary/aromatic N) is 2. The molecular formula is C12H12N4O. The Bertz CT molecular complexity index is 580. The molecule has 0 fully saturated rings. The Balaban J connectivity index is 2.75. The number of aromatic nitrogens is 2. The fraction of sp³-hybridized carbons (Fsp3) is 0.0833. The third-order valence-electron chi connectivity index (χ3n) is 2.46. The lowest BCUT2D eigenvalue weighted by atomic mass is 10.0. The third-order valence-corrected chi connectivity index (χ3v) is 2.46. The van der Waals surface area contributed by atoms with Gasteiger partial charge in [-0.05, 0) is 24.6 Å². The van der Waals surface area contributed by atoms with E-state index in [9.17, 15) is 4.79 Å². The predicted molar refractivity (Wildman–Crippen MR) is 65.1 cm³/mol. The first-order chi connectivity index (χ1) is 8.11. The Morgan fingerprint density at radius 1 is 1.24 bits per heavy atom. The van der Waals surface area contributed by atoms with Crippen LogP contribution in [0.5, 0.6) is 0 Å². The lowest BCUT2D eigenvalue weighted by Gasteiger charge is -2.10. The van der Waals surface area contributed by atoms with Crippen molar-refractivity contribution in [2.45, 2.75) is 6.92 Å². The second kappa shape index (κ2) is 4.21. The molecule has 2 aromatic rings. The van der Waals surface area contributed by atoms with Gasteiger partial charge < -0.3 is 11.5 Å². The van der Waals surface area contributed by atoms with Gasteiger partial charge in [-0.15, -0.1) is 0 Å². The van der Waals surface area contributed by atoms with Gasteiger partial charge in [0.15, 0.2) is 0 Å². The first-order valence-corrected chi connectivity index (χ1v) is 5.07. The smallest absolute Gasteiger partial charge is 0.268 e. The molecule has 0 aromatic carbocycles. The minimum Gasteiger partial charge on any atom is -0.398 e. The SMILES string of the molecule is Cc1cccnc1-c1c(N)ccnc1C(N)=O. The van der Waals surface area contributed by atoms with E-state index in [0.29, 0.717) is 16.9 Å². The fourth-order valence-electron chi connectivity index (χ4n) is 1.66. The molecule has 1 amide bonds. The van der Waals surface area contributed by atoms with Crippen LogP contribution in [0.1, 0.15) is 16.1 Å². The average molecular weight is 228 g/mol. The van der Waals surface area contributed by atoms with E-state index >= 15 is 0 Å². The van der Waals surface area contributed by atoms with Crippen molar-refractivity contribution >= 4 is 11.6 Å². The molecule has 0 saturated carbocycles. The summed E-state index contributed by atoms with van der Waals surface area (Å²) >= 11 is 0. The van der Waals surface area contributed by atoms with Crippen molar-refractivity contribution in [3.63, 3.8) is 0 Å². The molecule has 0 aliphatic carbocycles. The maximum absolute atomic E-state index is 11.3. The number of nitrogen functional groups attached to an aromatic ring is 1. The van der Waals surface area contributed by atoms with Crippen LogP contribution in [-0.4, -0.2) is 15.9 Å². The van der Waals surface area contributed by atoms with Crippen molar-refractivity contribution in [3.8, 4) is 11.3 Å². The van der Waals surface area contributed by atoms with E-state index in [4.69, 9.17) is 11.5 Å². The Hall–Kier alpha value is -2.43. The topological polar surface area (TPSA) is 94.9 Å². The summed E-state index contributed by atoms with van der Waals surface area (Å²) in [7, 11) is 0. The first kappa shape index (κ1) is 11.1. The molecule has 0 aliphatic rings. The van der Waals surface area contributed by atoms with Crippen LogP contribution in [0.2, 0.25) is 0 Å². The minimum absolute atomic E-state index is 0.145. The van der Waals surface area contributed by atoms with E-state index in [1.54, 1.807) is 12.3 Å². The molecule has 5 nitrogen and oxygen atoms in total. The number of rotatable bonds is 2. The molecule has 0 unspecified atom stereocenters. The van der Waals surface area contributed by atoms with Crippen LogP contribution in [0.15, 0.2) is 30.6 Å². The monoisotopic (exact) mass is 228 g/mol. The van der Waals surface area contributed by atoms with Crippen molar-refractivity contribution in [2.24, 2.45) is 5.73 Å². The van der Waals surface area contributed by atoms with Gasteiger partial charge in [-0.25, -0.2) is 0 Å². The van der Waals surface area contributed by atoms with Crippen molar-refractivity contribution < 1.29 is 4.79 Å². The van der Waals surface area contributed by atoms with Gasteiger partial charge in [0.05, 0.1) is 11.3 Å². The highest BCUT2D eigenvalue weighted by Crippen LogP contribution is 2.28. The number of pyridine rings is 2. The zero-order chi connectivity index (χ0) is 12.4. The van der Waals surface area contributed by atoms with E-state index in [-0.39, 0.29) is 5.69 Å². The number of anilines is 1. The number of amides is 1. The molecule has 86 valence electrons. The molecule has 2 heterocycles. The van der Waals surface area contributed by atoms with Gasteiger partial charge in [0, 0.05) is 18.1 Å². The van der Waals surface area contributed by atoms with Gasteiger partial charge in [-0.2, -0.15) is 0 Å². The van der Waals surface area contributed by atoms with Crippen molar-refractivity contribution in [1.82, 2.24) is 9.97 Å². The molecule has 2 rings (SSSR count). The maximum Gasteiger partial charge on any atom is 0.268 e. The molecule has 0 aliphatic heterocycles. The summed E-state index contributed by atoms with van der Waals surface area (Å²) in [6, 6.07) is 5.32. The third kappa shape index (κ3) is 1.94. The Kier molecular flexibility index (Phi) is 2.74. The van der Waals surface area contributed by atoms with Crippen LogP contribution in [0.25, 0.3) is 11.3 Å². The van der Waals surface area contributed by atoms with Gasteiger partial charge in [-0.1, -0.05) is 6.07 Å². The van der Waals surface area contributed by atoms with E-state index in [0.717, 1.165) is 5.56 Å². The zero-order valence-corrected chi connectivity index (χ0v) is 9.34. The molecule has 2 aromatic heterocycles. The molecule has 5 heteroatoms. The van der Waals surface area contributed by atoms with E-state index < -0.39 is 5.91 Å². The summed E-state index contributed by atoms with van der Waals surface area (Å²) in [6.45, 7) is 1.89. The van der Waals surface area contributed by atoms with Gasteiger partial charge >= 0.3 is 0 Å². The lowest BCUT2D eigenvalue weighted by molar-refractivity contribution is 0.0996. The number of carbonyl (C=O) groups excluding carboxylic acids is 1. The first-order valence-electron chi connectivity index (χ1n) is 5.07. The highest BCUT2D eigenvalue weighted by molar-refractivity contribution is 6.00. The second-order valence-corrected chi connectivity index (χ2v) is 3.66. The van der Waals surface area contributed by atoms with Gasteiger partial charge in [-0.3, -0.25) is 14.8 Å². The lowest BCUT2D eigenvalue weighted by Crippen LogP contribution is -2.16. The zero-order valence-electron chi connectivity index (χ0n) is 9.34. The summed E-state index contributed by atoms with van der Waals surface area (Å²) in [5, 5.41) is 0. The van der Waals surface area contributed by atoms with Crippen LogP contribution >= 0.6 is 0 Å². The number of aryl methyl sites for hydroxylation is 1. The highest BCUT2D eigenvalue weighted by atomic mass is 16.1. The number of hydrogen-bond donors (Lipinski definition) is 2. The standard InChI is InChI=1S/C12H12N4O/c1-7-3-2-5-15-10(7)9-8(13)4-6-16-11(9)12(14)17/h2-6H,1H3,(H2,13,16)(H2,14,17). The summed E-state index contributed by atoms with van der Waals surface area (Å²) in [5.74, 6) is -0.614. The predicted octanol–water partition coefficient (Wildman–Crippen LogP) is 1.13. The molecular weight excluding hydrogens is 216 g/mol. The summed E-state index contributed by atoms with van der Waals surface area (Å²) < 4.78 is 0. The normalized spacial score (nSPS) is 10.2. The van der Waals surface area contributed by atoms with Gasteiger partial charge in [0.2, 0.25) is 0 Å². The van der Waals surface area contributed by atoms with E-state index in [1.807, 2.05) is 19.1 Å². The number of carbonyl (C=O) groups is 1. The molecule has 0 saturated heterocycles. The molecule has 17 heavy (non-hydrogen) atoms. The fourth-order valence-corrected chi connectivity index (χ4v) is 1.66. The number of primary amides is 1. The molecule has 0 bridgehead atoms. The van der Waals surface area contributed by atoms with Crippen molar-refractivity contribution in [3.05, 3.63) is 41.9 Å². The molecule has 0 radical (unpaired) electrons. The number of nitrogens with two attached hydrogens (primary N) is 2. The Morgan fingerprint density at radius 3 is 2.65 bits per heavy atom. The van der Waals surface area contributed by atoms with Crippen LogP contribution < -0.4 is 11.5 Å². The summed E-state index contributed by atoms with van der Waals surface area (Å²) in [6.07, 6.45) is 3.09. The number of hydrogen-bond acceptors (Lipinski definition) is 4. The van der Waals surface area contributed by atoms with Crippen LogP contribution in [-0.2, 0) is 0 Å². The van der Waals surface area contributed by atoms with E-state index in [1.165, 1.54) is 6.20 Å². The molecule has 4 N–H and O–H groups in total. The Labute approximate surface area is 98.5 Å². The highest BCUT2D eigenvalue weighted by Gasteiger charge is 2.16. The van der Waals surface area contributed by atoms with Gasteiger partial charge in [0.25, 0.3) is 5.91 Å². The largest absolute Gasteiger partial charge is 0.398 e. The maximum atomic E-state index is 11.3. The second-order valence-electron chi connectivity index (χ2n) is 3.66.